The Morgan fingerprint density at radius 3 is 2.61 bits per heavy atom. The van der Waals surface area contributed by atoms with Crippen LogP contribution in [0.3, 0.4) is 0 Å². The zero-order valence-corrected chi connectivity index (χ0v) is 12.5. The van der Waals surface area contributed by atoms with Gasteiger partial charge >= 0.3 is 0 Å². The molecule has 0 fully saturated rings. The summed E-state index contributed by atoms with van der Waals surface area (Å²) in [5.74, 6) is -1.02. The molecule has 4 nitrogen and oxygen atoms in total. The van der Waals surface area contributed by atoms with E-state index in [0.717, 1.165) is 6.07 Å². The Balaban J connectivity index is 2.01. The van der Waals surface area contributed by atoms with Crippen LogP contribution in [-0.4, -0.2) is 15.3 Å². The molecule has 23 heavy (non-hydrogen) atoms. The minimum atomic E-state index is -0.651. The summed E-state index contributed by atoms with van der Waals surface area (Å²) in [4.78, 5) is 16.6. The van der Waals surface area contributed by atoms with Crippen molar-refractivity contribution in [2.75, 3.05) is 0 Å². The maximum atomic E-state index is 13.6. The largest absolute Gasteiger partial charge is 0.296 e. The number of rotatable bonds is 3. The Kier molecular flexibility index (Phi) is 3.92. The molecule has 1 heterocycles. The molecule has 0 saturated carbocycles. The van der Waals surface area contributed by atoms with Gasteiger partial charge in [-0.1, -0.05) is 11.6 Å². The molecule has 0 bridgehead atoms. The van der Waals surface area contributed by atoms with Gasteiger partial charge in [0.25, 0.3) is 0 Å². The fourth-order valence-electron chi connectivity index (χ4n) is 2.15. The quantitative estimate of drug-likeness (QED) is 0.689. The SMILES string of the molecule is N#Cc1ccc(-n2cncc2C(=O)c2ccc(Cl)c(F)c2)cc1. The second-order valence-corrected chi connectivity index (χ2v) is 5.17. The van der Waals surface area contributed by atoms with Crippen LogP contribution in [0.15, 0.2) is 55.0 Å². The maximum absolute atomic E-state index is 13.6. The van der Waals surface area contributed by atoms with E-state index in [1.807, 2.05) is 6.07 Å². The third-order valence-electron chi connectivity index (χ3n) is 3.33. The molecule has 0 aliphatic rings. The third-order valence-corrected chi connectivity index (χ3v) is 3.63. The molecule has 0 aliphatic heterocycles. The van der Waals surface area contributed by atoms with E-state index in [1.54, 1.807) is 28.8 Å². The Hall–Kier alpha value is -2.97. The third kappa shape index (κ3) is 2.85. The van der Waals surface area contributed by atoms with Crippen molar-refractivity contribution in [3.63, 3.8) is 0 Å². The number of halogens is 2. The van der Waals surface area contributed by atoms with Crippen LogP contribution >= 0.6 is 11.6 Å². The molecular weight excluding hydrogens is 317 g/mol. The van der Waals surface area contributed by atoms with Gasteiger partial charge in [-0.25, -0.2) is 9.37 Å². The minimum Gasteiger partial charge on any atom is -0.296 e. The van der Waals surface area contributed by atoms with Gasteiger partial charge in [-0.2, -0.15) is 5.26 Å². The average molecular weight is 326 g/mol. The predicted molar refractivity (Wildman–Crippen MR) is 83.1 cm³/mol. The number of imidazole rings is 1. The van der Waals surface area contributed by atoms with Crippen LogP contribution in [0.5, 0.6) is 0 Å². The molecule has 0 atom stereocenters. The lowest BCUT2D eigenvalue weighted by Crippen LogP contribution is -2.08. The van der Waals surface area contributed by atoms with Gasteiger partial charge in [0.05, 0.1) is 29.2 Å². The van der Waals surface area contributed by atoms with E-state index in [0.29, 0.717) is 11.3 Å². The topological polar surface area (TPSA) is 58.7 Å². The van der Waals surface area contributed by atoms with Crippen LogP contribution in [-0.2, 0) is 0 Å². The number of hydrogen-bond acceptors (Lipinski definition) is 3. The summed E-state index contributed by atoms with van der Waals surface area (Å²) in [5.41, 5.74) is 1.67. The zero-order chi connectivity index (χ0) is 16.4. The number of hydrogen-bond donors (Lipinski definition) is 0. The first kappa shape index (κ1) is 14.9. The molecule has 0 aliphatic carbocycles. The van der Waals surface area contributed by atoms with E-state index >= 15 is 0 Å². The van der Waals surface area contributed by atoms with Crippen molar-refractivity contribution in [1.82, 2.24) is 9.55 Å². The van der Waals surface area contributed by atoms with Crippen molar-refractivity contribution < 1.29 is 9.18 Å². The van der Waals surface area contributed by atoms with E-state index in [9.17, 15) is 9.18 Å². The lowest BCUT2D eigenvalue weighted by Gasteiger charge is -2.08. The average Bonchev–Trinajstić information content (AvgIpc) is 3.06. The summed E-state index contributed by atoms with van der Waals surface area (Å²) >= 11 is 5.64. The number of nitriles is 1. The van der Waals surface area contributed by atoms with Crippen molar-refractivity contribution in [3.8, 4) is 11.8 Å². The highest BCUT2D eigenvalue weighted by Crippen LogP contribution is 2.20. The molecule has 112 valence electrons. The highest BCUT2D eigenvalue weighted by Gasteiger charge is 2.16. The molecule has 6 heteroatoms. The maximum Gasteiger partial charge on any atom is 0.211 e. The Morgan fingerprint density at radius 2 is 1.96 bits per heavy atom. The summed E-state index contributed by atoms with van der Waals surface area (Å²) < 4.78 is 15.1. The molecule has 0 saturated heterocycles. The Bertz CT molecular complexity index is 926. The van der Waals surface area contributed by atoms with E-state index in [4.69, 9.17) is 16.9 Å². The lowest BCUT2D eigenvalue weighted by atomic mass is 10.1. The highest BCUT2D eigenvalue weighted by atomic mass is 35.5. The van der Waals surface area contributed by atoms with Crippen molar-refractivity contribution in [1.29, 1.82) is 5.26 Å². The second-order valence-electron chi connectivity index (χ2n) is 4.77. The fraction of sp³-hybridized carbons (Fsp3) is 0. The number of benzene rings is 2. The first-order chi connectivity index (χ1) is 11.1. The molecular formula is C17H9ClFN3O. The van der Waals surface area contributed by atoms with Crippen LogP contribution in [0.4, 0.5) is 4.39 Å². The van der Waals surface area contributed by atoms with Crippen molar-refractivity contribution in [2.24, 2.45) is 0 Å². The van der Waals surface area contributed by atoms with E-state index in [2.05, 4.69) is 4.98 Å². The Morgan fingerprint density at radius 1 is 1.22 bits per heavy atom. The summed E-state index contributed by atoms with van der Waals surface area (Å²) in [6, 6.07) is 12.6. The van der Waals surface area contributed by atoms with Gasteiger partial charge in [-0.05, 0) is 42.5 Å². The van der Waals surface area contributed by atoms with Gasteiger partial charge in [0.2, 0.25) is 5.78 Å². The van der Waals surface area contributed by atoms with Gasteiger partial charge in [0.1, 0.15) is 11.5 Å². The van der Waals surface area contributed by atoms with Gasteiger partial charge in [-0.15, -0.1) is 0 Å². The lowest BCUT2D eigenvalue weighted by molar-refractivity contribution is 0.103. The number of carbonyl (C=O) groups is 1. The van der Waals surface area contributed by atoms with E-state index in [1.165, 1.54) is 24.7 Å². The highest BCUT2D eigenvalue weighted by molar-refractivity contribution is 6.30. The second kappa shape index (κ2) is 6.03. The molecule has 0 unspecified atom stereocenters. The van der Waals surface area contributed by atoms with Crippen molar-refractivity contribution in [3.05, 3.63) is 82.6 Å². The van der Waals surface area contributed by atoms with Gasteiger partial charge < -0.3 is 0 Å². The molecule has 2 aromatic carbocycles. The fourth-order valence-corrected chi connectivity index (χ4v) is 2.27. The first-order valence-corrected chi connectivity index (χ1v) is 7.00. The summed E-state index contributed by atoms with van der Waals surface area (Å²) in [7, 11) is 0. The van der Waals surface area contributed by atoms with Crippen LogP contribution in [0.2, 0.25) is 5.02 Å². The van der Waals surface area contributed by atoms with Crippen molar-refractivity contribution in [2.45, 2.75) is 0 Å². The Labute approximate surface area is 136 Å². The molecule has 0 radical (unpaired) electrons. The molecule has 1 aromatic heterocycles. The van der Waals surface area contributed by atoms with Gasteiger partial charge in [0.15, 0.2) is 0 Å². The zero-order valence-electron chi connectivity index (χ0n) is 11.7. The molecule has 3 rings (SSSR count). The molecule has 0 amide bonds. The van der Waals surface area contributed by atoms with Crippen LogP contribution in [0, 0.1) is 17.1 Å². The molecule has 0 spiro atoms. The van der Waals surface area contributed by atoms with Crippen LogP contribution in [0.1, 0.15) is 21.6 Å². The standard InChI is InChI=1S/C17H9ClFN3O/c18-14-6-3-12(7-15(14)19)17(23)16-9-21-10-22(16)13-4-1-11(8-20)2-5-13/h1-7,9-10H. The smallest absolute Gasteiger partial charge is 0.211 e. The first-order valence-electron chi connectivity index (χ1n) is 6.63. The molecule has 0 N–H and O–H groups in total. The monoisotopic (exact) mass is 325 g/mol. The van der Waals surface area contributed by atoms with Crippen molar-refractivity contribution >= 4 is 17.4 Å². The van der Waals surface area contributed by atoms with Crippen LogP contribution < -0.4 is 0 Å². The van der Waals surface area contributed by atoms with Gasteiger partial charge in [-0.3, -0.25) is 9.36 Å². The summed E-state index contributed by atoms with van der Waals surface area (Å²) in [5, 5.41) is 8.79. The number of aromatic nitrogens is 2. The summed E-state index contributed by atoms with van der Waals surface area (Å²) in [6.07, 6.45) is 2.90. The van der Waals surface area contributed by atoms with E-state index in [-0.39, 0.29) is 22.1 Å². The predicted octanol–water partition coefficient (Wildman–Crippen LogP) is 3.77. The van der Waals surface area contributed by atoms with Crippen LogP contribution in [0.25, 0.3) is 5.69 Å². The van der Waals surface area contributed by atoms with Gasteiger partial charge in [0, 0.05) is 11.3 Å². The normalized spacial score (nSPS) is 10.3. The molecule has 3 aromatic rings. The minimum absolute atomic E-state index is 0.0397. The summed E-state index contributed by atoms with van der Waals surface area (Å²) in [6.45, 7) is 0. The number of nitrogens with zero attached hydrogens (tertiary/aromatic N) is 3. The van der Waals surface area contributed by atoms with E-state index < -0.39 is 5.82 Å². The number of ketones is 1. The number of carbonyl (C=O) groups excluding carboxylic acids is 1.